The fraction of sp³-hybridized carbons (Fsp3) is 0.667. The van der Waals surface area contributed by atoms with Gasteiger partial charge in [0.15, 0.2) is 5.96 Å². The zero-order valence-corrected chi connectivity index (χ0v) is 20.2. The Morgan fingerprint density at radius 2 is 2.11 bits per heavy atom. The third-order valence-corrected chi connectivity index (χ3v) is 5.74. The highest BCUT2D eigenvalue weighted by Gasteiger charge is 2.28. The summed E-state index contributed by atoms with van der Waals surface area (Å²) in [6.07, 6.45) is 2.38. The van der Waals surface area contributed by atoms with Gasteiger partial charge in [0, 0.05) is 50.3 Å². The predicted octanol–water partition coefficient (Wildman–Crippen LogP) is 3.13. The Bertz CT molecular complexity index is 679. The molecule has 1 fully saturated rings. The van der Waals surface area contributed by atoms with E-state index in [0.717, 1.165) is 55.6 Å². The van der Waals surface area contributed by atoms with E-state index in [9.17, 15) is 0 Å². The molecule has 0 bridgehead atoms. The number of likely N-dealkylation sites (N-methyl/N-ethyl adjacent to an activating group) is 1. The van der Waals surface area contributed by atoms with E-state index in [2.05, 4.69) is 53.0 Å². The molecule has 1 aromatic carbocycles. The van der Waals surface area contributed by atoms with Gasteiger partial charge in [0.2, 0.25) is 0 Å². The number of fused-ring (bicyclic) bond motifs is 1. The minimum Gasteiger partial charge on any atom is -0.496 e. The molecule has 0 amide bonds. The van der Waals surface area contributed by atoms with Crippen molar-refractivity contribution in [1.29, 1.82) is 0 Å². The molecule has 0 aliphatic carbocycles. The van der Waals surface area contributed by atoms with Crippen molar-refractivity contribution in [3.8, 4) is 11.5 Å². The molecule has 2 heterocycles. The summed E-state index contributed by atoms with van der Waals surface area (Å²) in [6, 6.07) is 4.84. The van der Waals surface area contributed by atoms with Crippen molar-refractivity contribution in [2.45, 2.75) is 52.3 Å². The molecule has 2 unspecified atom stereocenters. The lowest BCUT2D eigenvalue weighted by atomic mass is 10.1. The van der Waals surface area contributed by atoms with Crippen LogP contribution in [0.5, 0.6) is 11.5 Å². The Morgan fingerprint density at radius 1 is 1.36 bits per heavy atom. The summed E-state index contributed by atoms with van der Waals surface area (Å²) in [7, 11) is 3.59. The molecule has 2 aliphatic rings. The Labute approximate surface area is 186 Å². The molecule has 7 heteroatoms. The largest absolute Gasteiger partial charge is 0.496 e. The van der Waals surface area contributed by atoms with Crippen LogP contribution < -0.4 is 14.8 Å². The number of hydrogen-bond acceptors (Lipinski definition) is 4. The molecule has 0 spiro atoms. The highest BCUT2D eigenvalue weighted by atomic mass is 127. The van der Waals surface area contributed by atoms with Crippen LogP contribution in [-0.4, -0.2) is 68.2 Å². The summed E-state index contributed by atoms with van der Waals surface area (Å²) in [6.45, 7) is 11.5. The van der Waals surface area contributed by atoms with Crippen LogP contribution >= 0.6 is 24.0 Å². The van der Waals surface area contributed by atoms with E-state index >= 15 is 0 Å². The summed E-state index contributed by atoms with van der Waals surface area (Å²) in [5.74, 6) is 2.86. The smallest absolute Gasteiger partial charge is 0.193 e. The molecule has 6 nitrogen and oxygen atoms in total. The van der Waals surface area contributed by atoms with Crippen LogP contribution in [-0.2, 0) is 13.0 Å². The monoisotopic (exact) mass is 502 g/mol. The van der Waals surface area contributed by atoms with Crippen LogP contribution in [0.15, 0.2) is 17.1 Å². The molecule has 2 atom stereocenters. The molecule has 2 aliphatic heterocycles. The van der Waals surface area contributed by atoms with Gasteiger partial charge in [-0.1, -0.05) is 13.8 Å². The van der Waals surface area contributed by atoms with Crippen molar-refractivity contribution in [2.75, 3.05) is 40.3 Å². The van der Waals surface area contributed by atoms with Gasteiger partial charge in [0.05, 0.1) is 7.11 Å². The Balaban J connectivity index is 0.00000280. The maximum absolute atomic E-state index is 5.92. The molecule has 0 saturated carbocycles. The number of guanidine groups is 1. The average molecular weight is 502 g/mol. The third-order valence-electron chi connectivity index (χ3n) is 5.74. The fourth-order valence-corrected chi connectivity index (χ4v) is 4.29. The molecule has 3 rings (SSSR count). The Kier molecular flexibility index (Phi) is 8.67. The lowest BCUT2D eigenvalue weighted by molar-refractivity contribution is 0.223. The average Bonchev–Trinajstić information content (AvgIpc) is 3.28. The van der Waals surface area contributed by atoms with E-state index in [1.165, 1.54) is 12.0 Å². The first-order valence-electron chi connectivity index (χ1n) is 10.2. The summed E-state index contributed by atoms with van der Waals surface area (Å²) < 4.78 is 11.5. The van der Waals surface area contributed by atoms with Gasteiger partial charge in [0.1, 0.15) is 17.6 Å². The van der Waals surface area contributed by atoms with Crippen molar-refractivity contribution in [1.82, 2.24) is 15.1 Å². The van der Waals surface area contributed by atoms with Crippen LogP contribution in [0.2, 0.25) is 0 Å². The molecule has 158 valence electrons. The molecule has 1 aromatic rings. The third kappa shape index (κ3) is 5.03. The molecule has 1 N–H and O–H groups in total. The van der Waals surface area contributed by atoms with Crippen LogP contribution in [0, 0.1) is 0 Å². The topological polar surface area (TPSA) is 49.3 Å². The highest BCUT2D eigenvalue weighted by molar-refractivity contribution is 14.0. The first kappa shape index (κ1) is 23.1. The number of halogens is 1. The summed E-state index contributed by atoms with van der Waals surface area (Å²) in [5.41, 5.74) is 2.33. The lowest BCUT2D eigenvalue weighted by Crippen LogP contribution is -2.43. The van der Waals surface area contributed by atoms with Gasteiger partial charge in [-0.25, -0.2) is 0 Å². The standard InChI is InChI=1S/C21H34N4O2.HI/c1-6-24(7-2)18-8-9-25(14-18)21(22-4)23-13-17-12-20-16(10-15(3)27-20)11-19(17)26-5;/h11-12,15,18H,6-10,13-14H2,1-5H3,(H,22,23);1H. The summed E-state index contributed by atoms with van der Waals surface area (Å²) in [5, 5.41) is 3.52. The van der Waals surface area contributed by atoms with Crippen molar-refractivity contribution in [3.05, 3.63) is 23.3 Å². The number of benzene rings is 1. The number of methoxy groups -OCH3 is 1. The number of aliphatic imine (C=N–C) groups is 1. The zero-order chi connectivity index (χ0) is 19.4. The van der Waals surface area contributed by atoms with Gasteiger partial charge in [-0.2, -0.15) is 0 Å². The van der Waals surface area contributed by atoms with E-state index in [1.54, 1.807) is 7.11 Å². The molecule has 0 aromatic heterocycles. The predicted molar refractivity (Wildman–Crippen MR) is 125 cm³/mol. The maximum atomic E-state index is 5.92. The molecule has 1 saturated heterocycles. The molecule has 0 radical (unpaired) electrons. The summed E-state index contributed by atoms with van der Waals surface area (Å²) >= 11 is 0. The fourth-order valence-electron chi connectivity index (χ4n) is 4.29. The Morgan fingerprint density at radius 3 is 2.75 bits per heavy atom. The quantitative estimate of drug-likeness (QED) is 0.368. The second-order valence-corrected chi connectivity index (χ2v) is 7.41. The van der Waals surface area contributed by atoms with E-state index in [0.29, 0.717) is 12.6 Å². The van der Waals surface area contributed by atoms with Gasteiger partial charge in [-0.05, 0) is 38.6 Å². The van der Waals surface area contributed by atoms with E-state index in [1.807, 2.05) is 7.05 Å². The van der Waals surface area contributed by atoms with Crippen LogP contribution in [0.25, 0.3) is 0 Å². The maximum Gasteiger partial charge on any atom is 0.193 e. The van der Waals surface area contributed by atoms with Gasteiger partial charge >= 0.3 is 0 Å². The number of nitrogens with one attached hydrogen (secondary N) is 1. The number of hydrogen-bond donors (Lipinski definition) is 1. The first-order chi connectivity index (χ1) is 13.1. The molecular formula is C21H35IN4O2. The minimum atomic E-state index is 0. The lowest BCUT2D eigenvalue weighted by Gasteiger charge is -2.27. The minimum absolute atomic E-state index is 0. The zero-order valence-electron chi connectivity index (χ0n) is 17.8. The van der Waals surface area contributed by atoms with Crippen molar-refractivity contribution in [2.24, 2.45) is 4.99 Å². The Hall–Kier alpha value is -1.22. The van der Waals surface area contributed by atoms with Crippen LogP contribution in [0.1, 0.15) is 38.3 Å². The second kappa shape index (κ2) is 10.5. The first-order valence-corrected chi connectivity index (χ1v) is 10.2. The van der Waals surface area contributed by atoms with Crippen molar-refractivity contribution in [3.63, 3.8) is 0 Å². The number of nitrogens with zero attached hydrogens (tertiary/aromatic N) is 3. The molecular weight excluding hydrogens is 467 g/mol. The SMILES string of the molecule is CCN(CC)C1CCN(C(=NC)NCc2cc3c(cc2OC)CC(C)O3)C1.I. The number of likely N-dealkylation sites (tertiary alicyclic amines) is 1. The van der Waals surface area contributed by atoms with Gasteiger partial charge in [-0.15, -0.1) is 24.0 Å². The van der Waals surface area contributed by atoms with Gasteiger partial charge < -0.3 is 19.7 Å². The number of rotatable bonds is 6. The normalized spacial score (nSPS) is 21.4. The van der Waals surface area contributed by atoms with Crippen molar-refractivity contribution < 1.29 is 9.47 Å². The highest BCUT2D eigenvalue weighted by Crippen LogP contribution is 2.35. The van der Waals surface area contributed by atoms with Crippen molar-refractivity contribution >= 4 is 29.9 Å². The van der Waals surface area contributed by atoms with Gasteiger partial charge in [0.25, 0.3) is 0 Å². The van der Waals surface area contributed by atoms with E-state index in [-0.39, 0.29) is 30.1 Å². The van der Waals surface area contributed by atoms with Crippen LogP contribution in [0.3, 0.4) is 0 Å². The van der Waals surface area contributed by atoms with Gasteiger partial charge in [-0.3, -0.25) is 9.89 Å². The molecule has 28 heavy (non-hydrogen) atoms. The van der Waals surface area contributed by atoms with E-state index < -0.39 is 0 Å². The summed E-state index contributed by atoms with van der Waals surface area (Å²) in [4.78, 5) is 9.41. The second-order valence-electron chi connectivity index (χ2n) is 7.41. The van der Waals surface area contributed by atoms with E-state index in [4.69, 9.17) is 9.47 Å². The van der Waals surface area contributed by atoms with Crippen LogP contribution in [0.4, 0.5) is 0 Å². The number of ether oxygens (including phenoxy) is 2.